The van der Waals surface area contributed by atoms with Gasteiger partial charge in [0.1, 0.15) is 5.82 Å². The lowest BCUT2D eigenvalue weighted by molar-refractivity contribution is 0.0535. The summed E-state index contributed by atoms with van der Waals surface area (Å²) in [5.41, 5.74) is 2.46. The van der Waals surface area contributed by atoms with Crippen LogP contribution in [0, 0.1) is 19.7 Å². The van der Waals surface area contributed by atoms with E-state index in [0.717, 1.165) is 16.7 Å². The molecule has 0 aromatic heterocycles. The Morgan fingerprint density at radius 3 is 2.16 bits per heavy atom. The summed E-state index contributed by atoms with van der Waals surface area (Å²) >= 11 is 0. The molecule has 0 heterocycles. The van der Waals surface area contributed by atoms with E-state index in [1.165, 1.54) is 6.07 Å². The second-order valence-electron chi connectivity index (χ2n) is 5.30. The molecule has 1 atom stereocenters. The van der Waals surface area contributed by atoms with Crippen molar-refractivity contribution in [1.82, 2.24) is 0 Å². The zero-order valence-electron chi connectivity index (χ0n) is 11.6. The standard InChI is InChI=1S/C17H19FO/c1-12-7-6-8-13(2)14(12)11-17(3,19)15-9-4-5-10-16(15)18/h4-10,19H,11H2,1-3H3. The van der Waals surface area contributed by atoms with Crippen molar-refractivity contribution in [3.63, 3.8) is 0 Å². The molecule has 2 heteroatoms. The van der Waals surface area contributed by atoms with Crippen LogP contribution in [0.5, 0.6) is 0 Å². The predicted octanol–water partition coefficient (Wildman–Crippen LogP) is 3.89. The first-order chi connectivity index (χ1) is 8.92. The Balaban J connectivity index is 2.39. The average Bonchev–Trinajstić information content (AvgIpc) is 2.34. The molecule has 0 amide bonds. The molecule has 100 valence electrons. The Labute approximate surface area is 113 Å². The van der Waals surface area contributed by atoms with E-state index in [9.17, 15) is 9.50 Å². The van der Waals surface area contributed by atoms with Gasteiger partial charge in [0.15, 0.2) is 0 Å². The van der Waals surface area contributed by atoms with Crippen LogP contribution in [0.15, 0.2) is 42.5 Å². The van der Waals surface area contributed by atoms with Crippen molar-refractivity contribution < 1.29 is 9.50 Å². The SMILES string of the molecule is Cc1cccc(C)c1CC(C)(O)c1ccccc1F. The first-order valence-corrected chi connectivity index (χ1v) is 6.44. The third-order valence-corrected chi connectivity index (χ3v) is 3.62. The molecule has 1 unspecified atom stereocenters. The molecule has 2 aromatic carbocycles. The Morgan fingerprint density at radius 2 is 1.58 bits per heavy atom. The van der Waals surface area contributed by atoms with Crippen LogP contribution in [-0.2, 0) is 12.0 Å². The number of hydrogen-bond acceptors (Lipinski definition) is 1. The highest BCUT2D eigenvalue weighted by atomic mass is 19.1. The topological polar surface area (TPSA) is 20.2 Å². The van der Waals surface area contributed by atoms with Gasteiger partial charge in [-0.25, -0.2) is 4.39 Å². The van der Waals surface area contributed by atoms with Gasteiger partial charge in [-0.2, -0.15) is 0 Å². The zero-order chi connectivity index (χ0) is 14.0. The Morgan fingerprint density at radius 1 is 1.00 bits per heavy atom. The van der Waals surface area contributed by atoms with Gasteiger partial charge >= 0.3 is 0 Å². The van der Waals surface area contributed by atoms with Crippen molar-refractivity contribution >= 4 is 0 Å². The van der Waals surface area contributed by atoms with Crippen LogP contribution in [0.3, 0.4) is 0 Å². The monoisotopic (exact) mass is 258 g/mol. The molecule has 0 bridgehead atoms. The molecule has 0 spiro atoms. The molecular weight excluding hydrogens is 239 g/mol. The lowest BCUT2D eigenvalue weighted by Gasteiger charge is -2.26. The van der Waals surface area contributed by atoms with Crippen LogP contribution in [0.4, 0.5) is 4.39 Å². The van der Waals surface area contributed by atoms with E-state index in [2.05, 4.69) is 0 Å². The second-order valence-corrected chi connectivity index (χ2v) is 5.30. The molecule has 0 fully saturated rings. The molecular formula is C17H19FO. The summed E-state index contributed by atoms with van der Waals surface area (Å²) in [6, 6.07) is 12.4. The summed E-state index contributed by atoms with van der Waals surface area (Å²) in [5.74, 6) is -0.362. The van der Waals surface area contributed by atoms with Gasteiger partial charge in [0.25, 0.3) is 0 Å². The normalized spacial score (nSPS) is 14.2. The minimum absolute atomic E-state index is 0.345. The van der Waals surface area contributed by atoms with E-state index >= 15 is 0 Å². The van der Waals surface area contributed by atoms with E-state index in [1.807, 2.05) is 32.0 Å². The van der Waals surface area contributed by atoms with Crippen LogP contribution in [0.1, 0.15) is 29.2 Å². The summed E-state index contributed by atoms with van der Waals surface area (Å²) in [7, 11) is 0. The maximum absolute atomic E-state index is 13.8. The highest BCUT2D eigenvalue weighted by molar-refractivity contribution is 5.36. The Kier molecular flexibility index (Phi) is 3.72. The lowest BCUT2D eigenvalue weighted by atomic mass is 9.85. The van der Waals surface area contributed by atoms with Gasteiger partial charge in [-0.05, 0) is 43.5 Å². The Bertz CT molecular complexity index is 567. The average molecular weight is 258 g/mol. The van der Waals surface area contributed by atoms with Crippen LogP contribution < -0.4 is 0 Å². The molecule has 1 N–H and O–H groups in total. The minimum atomic E-state index is -1.21. The van der Waals surface area contributed by atoms with E-state index in [-0.39, 0.29) is 5.82 Å². The molecule has 0 radical (unpaired) electrons. The predicted molar refractivity (Wildman–Crippen MR) is 75.6 cm³/mol. The van der Waals surface area contributed by atoms with Crippen molar-refractivity contribution in [3.8, 4) is 0 Å². The number of benzene rings is 2. The van der Waals surface area contributed by atoms with Crippen molar-refractivity contribution in [2.45, 2.75) is 32.8 Å². The van der Waals surface area contributed by atoms with E-state index in [4.69, 9.17) is 0 Å². The smallest absolute Gasteiger partial charge is 0.129 e. The van der Waals surface area contributed by atoms with Crippen LogP contribution in [0.2, 0.25) is 0 Å². The molecule has 1 nitrogen and oxygen atoms in total. The number of halogens is 1. The quantitative estimate of drug-likeness (QED) is 0.885. The molecule has 2 aromatic rings. The minimum Gasteiger partial charge on any atom is -0.385 e. The fourth-order valence-corrected chi connectivity index (χ4v) is 2.47. The summed E-state index contributed by atoms with van der Waals surface area (Å²) < 4.78 is 13.8. The van der Waals surface area contributed by atoms with E-state index in [0.29, 0.717) is 12.0 Å². The highest BCUT2D eigenvalue weighted by Crippen LogP contribution is 2.29. The summed E-state index contributed by atoms with van der Waals surface area (Å²) in [6.07, 6.45) is 0.409. The molecule has 19 heavy (non-hydrogen) atoms. The largest absolute Gasteiger partial charge is 0.385 e. The number of aliphatic hydroxyl groups is 1. The Hall–Kier alpha value is -1.67. The van der Waals surface area contributed by atoms with Crippen LogP contribution in [0.25, 0.3) is 0 Å². The molecule has 0 saturated carbocycles. The first-order valence-electron chi connectivity index (χ1n) is 6.44. The van der Waals surface area contributed by atoms with Gasteiger partial charge in [-0.1, -0.05) is 36.4 Å². The summed E-state index contributed by atoms with van der Waals surface area (Å²) in [6.45, 7) is 5.69. The fourth-order valence-electron chi connectivity index (χ4n) is 2.47. The maximum atomic E-state index is 13.8. The fraction of sp³-hybridized carbons (Fsp3) is 0.294. The number of rotatable bonds is 3. The van der Waals surface area contributed by atoms with Crippen molar-refractivity contribution in [2.24, 2.45) is 0 Å². The van der Waals surface area contributed by atoms with Gasteiger partial charge in [0.2, 0.25) is 0 Å². The van der Waals surface area contributed by atoms with Gasteiger partial charge < -0.3 is 5.11 Å². The third kappa shape index (κ3) is 2.85. The number of aryl methyl sites for hydroxylation is 2. The van der Waals surface area contributed by atoms with Crippen LogP contribution in [-0.4, -0.2) is 5.11 Å². The molecule has 2 rings (SSSR count). The molecule has 0 saturated heterocycles. The number of hydrogen-bond donors (Lipinski definition) is 1. The van der Waals surface area contributed by atoms with Crippen molar-refractivity contribution in [2.75, 3.05) is 0 Å². The summed E-state index contributed by atoms with van der Waals surface area (Å²) in [4.78, 5) is 0. The second kappa shape index (κ2) is 5.14. The lowest BCUT2D eigenvalue weighted by Crippen LogP contribution is -2.26. The van der Waals surface area contributed by atoms with Gasteiger partial charge in [-0.3, -0.25) is 0 Å². The van der Waals surface area contributed by atoms with Crippen molar-refractivity contribution in [1.29, 1.82) is 0 Å². The van der Waals surface area contributed by atoms with Crippen molar-refractivity contribution in [3.05, 3.63) is 70.5 Å². The zero-order valence-corrected chi connectivity index (χ0v) is 11.6. The highest BCUT2D eigenvalue weighted by Gasteiger charge is 2.27. The van der Waals surface area contributed by atoms with Gasteiger partial charge in [0.05, 0.1) is 5.60 Å². The van der Waals surface area contributed by atoms with E-state index < -0.39 is 5.60 Å². The van der Waals surface area contributed by atoms with Gasteiger partial charge in [0, 0.05) is 12.0 Å². The molecule has 0 aliphatic rings. The molecule has 0 aliphatic carbocycles. The maximum Gasteiger partial charge on any atom is 0.129 e. The summed E-state index contributed by atoms with van der Waals surface area (Å²) in [5, 5.41) is 10.6. The van der Waals surface area contributed by atoms with Gasteiger partial charge in [-0.15, -0.1) is 0 Å². The third-order valence-electron chi connectivity index (χ3n) is 3.62. The van der Waals surface area contributed by atoms with E-state index in [1.54, 1.807) is 25.1 Å². The first kappa shape index (κ1) is 13.8. The van der Waals surface area contributed by atoms with Crippen LogP contribution >= 0.6 is 0 Å². The molecule has 0 aliphatic heterocycles.